The van der Waals surface area contributed by atoms with Crippen molar-refractivity contribution in [3.05, 3.63) is 40.8 Å². The van der Waals surface area contributed by atoms with Gasteiger partial charge in [-0.1, -0.05) is 15.9 Å². The van der Waals surface area contributed by atoms with E-state index in [-0.39, 0.29) is 0 Å². The predicted octanol–water partition coefficient (Wildman–Crippen LogP) is 2.88. The fourth-order valence-electron chi connectivity index (χ4n) is 2.30. The molecule has 1 aromatic heterocycles. The van der Waals surface area contributed by atoms with Gasteiger partial charge in [-0.25, -0.2) is 0 Å². The molecule has 5 nitrogen and oxygen atoms in total. The van der Waals surface area contributed by atoms with Crippen LogP contribution in [0.15, 0.2) is 34.9 Å². The highest BCUT2D eigenvalue weighted by atomic mass is 79.9. The van der Waals surface area contributed by atoms with E-state index in [2.05, 4.69) is 42.6 Å². The Labute approximate surface area is 126 Å². The minimum atomic E-state index is 0.748. The molecular formula is C14H16BrN5. The molecule has 0 amide bonds. The fraction of sp³-hybridized carbons (Fsp3) is 0.357. The summed E-state index contributed by atoms with van der Waals surface area (Å²) in [6.07, 6.45) is 7.94. The van der Waals surface area contributed by atoms with Gasteiger partial charge in [0.2, 0.25) is 0 Å². The van der Waals surface area contributed by atoms with E-state index in [1.54, 1.807) is 4.68 Å². The van der Waals surface area contributed by atoms with E-state index in [4.69, 9.17) is 0 Å². The van der Waals surface area contributed by atoms with Gasteiger partial charge >= 0.3 is 0 Å². The molecule has 0 saturated carbocycles. The van der Waals surface area contributed by atoms with E-state index in [0.29, 0.717) is 0 Å². The van der Waals surface area contributed by atoms with Gasteiger partial charge in [-0.15, -0.1) is 5.10 Å². The molecule has 0 atom stereocenters. The van der Waals surface area contributed by atoms with Gasteiger partial charge < -0.3 is 4.90 Å². The number of benzene rings is 1. The van der Waals surface area contributed by atoms with Gasteiger partial charge in [-0.05, 0) is 54.0 Å². The molecule has 1 aliphatic heterocycles. The van der Waals surface area contributed by atoms with Gasteiger partial charge in [0, 0.05) is 29.8 Å². The molecule has 0 N–H and O–H groups in total. The Balaban J connectivity index is 1.79. The minimum absolute atomic E-state index is 0.748. The molecule has 2 aromatic rings. The van der Waals surface area contributed by atoms with Gasteiger partial charge in [0.1, 0.15) is 0 Å². The highest BCUT2D eigenvalue weighted by Crippen LogP contribution is 2.15. The Kier molecular flexibility index (Phi) is 4.11. The second kappa shape index (κ2) is 6.17. The van der Waals surface area contributed by atoms with Crippen LogP contribution in [0, 0.1) is 0 Å². The van der Waals surface area contributed by atoms with Crippen LogP contribution < -0.4 is 0 Å². The third-order valence-electron chi connectivity index (χ3n) is 3.39. The van der Waals surface area contributed by atoms with E-state index in [1.807, 2.05) is 30.3 Å². The summed E-state index contributed by atoms with van der Waals surface area (Å²) in [7, 11) is 0. The summed E-state index contributed by atoms with van der Waals surface area (Å²) in [5.74, 6) is 0.748. The lowest BCUT2D eigenvalue weighted by atomic mass is 10.1. The van der Waals surface area contributed by atoms with Crippen molar-refractivity contribution >= 4 is 22.0 Å². The van der Waals surface area contributed by atoms with Crippen molar-refractivity contribution in [1.29, 1.82) is 0 Å². The number of piperidine rings is 1. The van der Waals surface area contributed by atoms with E-state index < -0.39 is 0 Å². The maximum atomic E-state index is 4.08. The van der Waals surface area contributed by atoms with Crippen molar-refractivity contribution in [2.24, 2.45) is 0 Å². The first kappa shape index (κ1) is 13.3. The molecule has 0 bridgehead atoms. The molecule has 0 unspecified atom stereocenters. The third kappa shape index (κ3) is 3.07. The van der Waals surface area contributed by atoms with Crippen LogP contribution in [0.5, 0.6) is 0 Å². The highest BCUT2D eigenvalue weighted by Gasteiger charge is 2.08. The summed E-state index contributed by atoms with van der Waals surface area (Å²) < 4.78 is 2.78. The Bertz CT molecular complexity index is 584. The number of nitrogens with zero attached hydrogens (tertiary/aromatic N) is 5. The van der Waals surface area contributed by atoms with E-state index >= 15 is 0 Å². The topological polar surface area (TPSA) is 46.8 Å². The van der Waals surface area contributed by atoms with Crippen molar-refractivity contribution < 1.29 is 0 Å². The summed E-state index contributed by atoms with van der Waals surface area (Å²) in [5.41, 5.74) is 0.955. The van der Waals surface area contributed by atoms with Gasteiger partial charge in [0.25, 0.3) is 0 Å². The quantitative estimate of drug-likeness (QED) is 0.866. The van der Waals surface area contributed by atoms with E-state index in [9.17, 15) is 0 Å². The van der Waals surface area contributed by atoms with Gasteiger partial charge in [-0.3, -0.25) is 0 Å². The summed E-state index contributed by atoms with van der Waals surface area (Å²) in [4.78, 5) is 2.32. The molecule has 0 radical (unpaired) electrons. The number of aromatic nitrogens is 4. The summed E-state index contributed by atoms with van der Waals surface area (Å²) >= 11 is 3.43. The number of hydrogen-bond donors (Lipinski definition) is 0. The van der Waals surface area contributed by atoms with Gasteiger partial charge in [-0.2, -0.15) is 4.68 Å². The first-order valence-corrected chi connectivity index (χ1v) is 7.59. The first-order chi connectivity index (χ1) is 9.83. The zero-order valence-electron chi connectivity index (χ0n) is 11.1. The van der Waals surface area contributed by atoms with Crippen LogP contribution in [0.4, 0.5) is 0 Å². The average Bonchev–Trinajstić information content (AvgIpc) is 2.95. The molecule has 1 aromatic carbocycles. The number of hydrogen-bond acceptors (Lipinski definition) is 4. The van der Waals surface area contributed by atoms with Gasteiger partial charge in [0.15, 0.2) is 5.82 Å². The zero-order chi connectivity index (χ0) is 13.8. The Morgan fingerprint density at radius 3 is 2.55 bits per heavy atom. The number of tetrazole rings is 1. The normalized spacial score (nSPS) is 15.9. The first-order valence-electron chi connectivity index (χ1n) is 6.79. The SMILES string of the molecule is Brc1ccc(-n2nnnc2/C=C/N2CCCCC2)cc1. The van der Waals surface area contributed by atoms with E-state index in [0.717, 1.165) is 29.1 Å². The molecule has 20 heavy (non-hydrogen) atoms. The number of halogens is 1. The predicted molar refractivity (Wildman–Crippen MR) is 81.3 cm³/mol. The fourth-order valence-corrected chi connectivity index (χ4v) is 2.57. The standard InChI is InChI=1S/C14H16BrN5/c15-12-4-6-13(7-5-12)20-14(16-17-18-20)8-11-19-9-2-1-3-10-19/h4-8,11H,1-3,9-10H2/b11-8+. The van der Waals surface area contributed by atoms with Crippen molar-refractivity contribution in [1.82, 2.24) is 25.1 Å². The molecule has 1 aliphatic rings. The largest absolute Gasteiger partial charge is 0.377 e. The maximum absolute atomic E-state index is 4.08. The lowest BCUT2D eigenvalue weighted by molar-refractivity contribution is 0.311. The molecule has 6 heteroatoms. The average molecular weight is 334 g/mol. The summed E-state index contributed by atoms with van der Waals surface area (Å²) in [6.45, 7) is 2.24. The Hall–Kier alpha value is -1.69. The highest BCUT2D eigenvalue weighted by molar-refractivity contribution is 9.10. The molecule has 0 aliphatic carbocycles. The molecule has 1 saturated heterocycles. The van der Waals surface area contributed by atoms with Crippen LogP contribution in [-0.2, 0) is 0 Å². The lowest BCUT2D eigenvalue weighted by Gasteiger charge is -2.24. The second-order valence-electron chi connectivity index (χ2n) is 4.84. The van der Waals surface area contributed by atoms with Crippen molar-refractivity contribution in [2.75, 3.05) is 13.1 Å². The maximum Gasteiger partial charge on any atom is 0.181 e. The third-order valence-corrected chi connectivity index (χ3v) is 3.92. The minimum Gasteiger partial charge on any atom is -0.377 e. The molecular weight excluding hydrogens is 318 g/mol. The molecule has 1 fully saturated rings. The van der Waals surface area contributed by atoms with Crippen LogP contribution in [0.3, 0.4) is 0 Å². The van der Waals surface area contributed by atoms with Crippen LogP contribution in [0.1, 0.15) is 25.1 Å². The lowest BCUT2D eigenvalue weighted by Crippen LogP contribution is -2.24. The number of likely N-dealkylation sites (tertiary alicyclic amines) is 1. The van der Waals surface area contributed by atoms with Crippen molar-refractivity contribution in [3.63, 3.8) is 0 Å². The molecule has 2 heterocycles. The molecule has 3 rings (SSSR count). The molecule has 0 spiro atoms. The smallest absolute Gasteiger partial charge is 0.181 e. The monoisotopic (exact) mass is 333 g/mol. The van der Waals surface area contributed by atoms with Crippen molar-refractivity contribution in [2.45, 2.75) is 19.3 Å². The number of rotatable bonds is 3. The van der Waals surface area contributed by atoms with Crippen LogP contribution in [0.2, 0.25) is 0 Å². The van der Waals surface area contributed by atoms with Crippen LogP contribution in [-0.4, -0.2) is 38.2 Å². The van der Waals surface area contributed by atoms with E-state index in [1.165, 1.54) is 19.3 Å². The molecule has 104 valence electrons. The van der Waals surface area contributed by atoms with Crippen molar-refractivity contribution in [3.8, 4) is 5.69 Å². The second-order valence-corrected chi connectivity index (χ2v) is 5.75. The summed E-state index contributed by atoms with van der Waals surface area (Å²) in [6, 6.07) is 7.93. The van der Waals surface area contributed by atoms with Crippen LogP contribution >= 0.6 is 15.9 Å². The summed E-state index contributed by atoms with van der Waals surface area (Å²) in [5, 5.41) is 11.9. The Morgan fingerprint density at radius 2 is 1.80 bits per heavy atom. The Morgan fingerprint density at radius 1 is 1.05 bits per heavy atom. The van der Waals surface area contributed by atoms with Gasteiger partial charge in [0.05, 0.1) is 5.69 Å². The zero-order valence-corrected chi connectivity index (χ0v) is 12.7. The van der Waals surface area contributed by atoms with Crippen LogP contribution in [0.25, 0.3) is 11.8 Å².